The van der Waals surface area contributed by atoms with Gasteiger partial charge in [-0.25, -0.2) is 8.42 Å². The monoisotopic (exact) mass is 428 g/mol. The maximum absolute atomic E-state index is 13.1. The first-order valence-electron chi connectivity index (χ1n) is 8.38. The molecule has 0 aliphatic heterocycles. The number of amides is 1. The van der Waals surface area contributed by atoms with Gasteiger partial charge in [-0.05, 0) is 30.2 Å². The van der Waals surface area contributed by atoms with E-state index in [-0.39, 0.29) is 23.0 Å². The van der Waals surface area contributed by atoms with Gasteiger partial charge in [0.25, 0.3) is 0 Å². The number of halogens is 2. The summed E-state index contributed by atoms with van der Waals surface area (Å²) in [6.45, 7) is 2.13. The number of likely N-dealkylation sites (N-methyl/N-ethyl adjacent to an activating group) is 1. The van der Waals surface area contributed by atoms with E-state index in [1.807, 2.05) is 30.3 Å². The lowest BCUT2D eigenvalue weighted by Crippen LogP contribution is -2.49. The molecule has 146 valence electrons. The number of anilines is 1. The Labute approximate surface area is 170 Å². The first-order valence-corrected chi connectivity index (χ1v) is 11.0. The van der Waals surface area contributed by atoms with Gasteiger partial charge in [0.2, 0.25) is 15.9 Å². The second-order valence-corrected chi connectivity index (χ2v) is 8.96. The van der Waals surface area contributed by atoms with Crippen LogP contribution in [0.15, 0.2) is 48.5 Å². The minimum absolute atomic E-state index is 0.194. The lowest BCUT2D eigenvalue weighted by atomic mass is 10.1. The van der Waals surface area contributed by atoms with Crippen LogP contribution in [-0.2, 0) is 21.4 Å². The molecule has 8 heteroatoms. The molecule has 0 N–H and O–H groups in total. The number of benzene rings is 2. The van der Waals surface area contributed by atoms with Crippen molar-refractivity contribution in [2.45, 2.75) is 25.9 Å². The Morgan fingerprint density at radius 3 is 2.30 bits per heavy atom. The summed E-state index contributed by atoms with van der Waals surface area (Å²) in [6.07, 6.45) is 1.34. The van der Waals surface area contributed by atoms with Gasteiger partial charge in [0.1, 0.15) is 6.04 Å². The van der Waals surface area contributed by atoms with Gasteiger partial charge >= 0.3 is 0 Å². The molecule has 0 aliphatic carbocycles. The molecule has 0 saturated carbocycles. The Morgan fingerprint density at radius 1 is 1.11 bits per heavy atom. The van der Waals surface area contributed by atoms with Crippen LogP contribution in [0.2, 0.25) is 10.0 Å². The van der Waals surface area contributed by atoms with Gasteiger partial charge in [-0.1, -0.05) is 60.5 Å². The van der Waals surface area contributed by atoms with E-state index in [9.17, 15) is 13.2 Å². The lowest BCUT2D eigenvalue weighted by molar-refractivity contribution is -0.131. The lowest BCUT2D eigenvalue weighted by Gasteiger charge is -2.33. The molecular weight excluding hydrogens is 407 g/mol. The SMILES string of the molecule is CC[C@@H](C(=O)N(C)Cc1ccccc1)N(c1cc(Cl)ccc1Cl)S(C)(=O)=O. The minimum Gasteiger partial charge on any atom is -0.340 e. The molecule has 0 radical (unpaired) electrons. The smallest absolute Gasteiger partial charge is 0.246 e. The molecule has 0 aliphatic rings. The van der Waals surface area contributed by atoms with E-state index in [2.05, 4.69) is 0 Å². The zero-order chi connectivity index (χ0) is 20.2. The highest BCUT2D eigenvalue weighted by Gasteiger charge is 2.34. The summed E-state index contributed by atoms with van der Waals surface area (Å²) in [5.41, 5.74) is 1.15. The van der Waals surface area contributed by atoms with Crippen molar-refractivity contribution in [3.8, 4) is 0 Å². The fourth-order valence-electron chi connectivity index (χ4n) is 2.86. The highest BCUT2D eigenvalue weighted by molar-refractivity contribution is 7.92. The molecule has 27 heavy (non-hydrogen) atoms. The predicted molar refractivity (Wildman–Crippen MR) is 111 cm³/mol. The standard InChI is InChI=1S/C19H22Cl2N2O3S/c1-4-17(19(24)22(2)13-14-8-6-5-7-9-14)23(27(3,25)26)18-12-15(20)10-11-16(18)21/h5-12,17H,4,13H2,1-3H3/t17-/m0/s1. The molecule has 2 rings (SSSR count). The second kappa shape index (κ2) is 8.95. The third-order valence-electron chi connectivity index (χ3n) is 4.10. The maximum Gasteiger partial charge on any atom is 0.246 e. The molecule has 0 heterocycles. The van der Waals surface area contributed by atoms with Crippen molar-refractivity contribution >= 4 is 44.8 Å². The van der Waals surface area contributed by atoms with Crippen LogP contribution in [-0.4, -0.2) is 38.6 Å². The van der Waals surface area contributed by atoms with Crippen LogP contribution in [0.25, 0.3) is 0 Å². The molecular formula is C19H22Cl2N2O3S. The number of carbonyl (C=O) groups excluding carboxylic acids is 1. The molecule has 0 aromatic heterocycles. The molecule has 2 aromatic rings. The highest BCUT2D eigenvalue weighted by Crippen LogP contribution is 2.33. The van der Waals surface area contributed by atoms with E-state index < -0.39 is 16.1 Å². The average molecular weight is 429 g/mol. The predicted octanol–water partition coefficient (Wildman–Crippen LogP) is 4.20. The third kappa shape index (κ3) is 5.37. The largest absolute Gasteiger partial charge is 0.340 e. The third-order valence-corrected chi connectivity index (χ3v) is 5.82. The van der Waals surface area contributed by atoms with Crippen molar-refractivity contribution in [2.24, 2.45) is 0 Å². The van der Waals surface area contributed by atoms with E-state index in [1.54, 1.807) is 20.0 Å². The molecule has 0 saturated heterocycles. The van der Waals surface area contributed by atoms with Gasteiger partial charge in [0.15, 0.2) is 0 Å². The first-order chi connectivity index (χ1) is 12.6. The van der Waals surface area contributed by atoms with E-state index in [0.717, 1.165) is 16.1 Å². The van der Waals surface area contributed by atoms with Crippen molar-refractivity contribution in [3.05, 3.63) is 64.1 Å². The van der Waals surface area contributed by atoms with Gasteiger partial charge < -0.3 is 4.90 Å². The van der Waals surface area contributed by atoms with Crippen molar-refractivity contribution in [3.63, 3.8) is 0 Å². The molecule has 1 atom stereocenters. The van der Waals surface area contributed by atoms with E-state index in [0.29, 0.717) is 11.6 Å². The van der Waals surface area contributed by atoms with Crippen LogP contribution in [0, 0.1) is 0 Å². The summed E-state index contributed by atoms with van der Waals surface area (Å²) in [6, 6.07) is 13.1. The fourth-order valence-corrected chi connectivity index (χ4v) is 4.50. The van der Waals surface area contributed by atoms with Crippen LogP contribution in [0.3, 0.4) is 0 Å². The molecule has 5 nitrogen and oxygen atoms in total. The number of rotatable bonds is 7. The molecule has 0 unspecified atom stereocenters. The zero-order valence-corrected chi connectivity index (χ0v) is 17.7. The van der Waals surface area contributed by atoms with E-state index in [1.165, 1.54) is 17.0 Å². The van der Waals surface area contributed by atoms with Crippen LogP contribution in [0.4, 0.5) is 5.69 Å². The quantitative estimate of drug-likeness (QED) is 0.663. The second-order valence-electron chi connectivity index (χ2n) is 6.26. The maximum atomic E-state index is 13.1. The van der Waals surface area contributed by atoms with Crippen molar-refractivity contribution in [1.29, 1.82) is 0 Å². The topological polar surface area (TPSA) is 57.7 Å². The van der Waals surface area contributed by atoms with Gasteiger partial charge in [-0.15, -0.1) is 0 Å². The Balaban J connectivity index is 2.40. The summed E-state index contributed by atoms with van der Waals surface area (Å²) >= 11 is 12.3. The number of hydrogen-bond acceptors (Lipinski definition) is 3. The Morgan fingerprint density at radius 2 is 1.74 bits per heavy atom. The van der Waals surface area contributed by atoms with Gasteiger partial charge in [0, 0.05) is 18.6 Å². The van der Waals surface area contributed by atoms with E-state index in [4.69, 9.17) is 23.2 Å². The Hall–Kier alpha value is -1.76. The molecule has 2 aromatic carbocycles. The molecule has 0 fully saturated rings. The number of carbonyl (C=O) groups is 1. The highest BCUT2D eigenvalue weighted by atomic mass is 35.5. The Kier molecular flexibility index (Phi) is 7.14. The summed E-state index contributed by atoms with van der Waals surface area (Å²) < 4.78 is 26.1. The molecule has 0 spiro atoms. The van der Waals surface area contributed by atoms with Crippen LogP contribution in [0.1, 0.15) is 18.9 Å². The minimum atomic E-state index is -3.78. The van der Waals surface area contributed by atoms with Gasteiger partial charge in [-0.3, -0.25) is 9.10 Å². The van der Waals surface area contributed by atoms with Crippen molar-refractivity contribution in [2.75, 3.05) is 17.6 Å². The summed E-state index contributed by atoms with van der Waals surface area (Å²) in [5.74, 6) is -0.317. The van der Waals surface area contributed by atoms with Crippen LogP contribution in [0.5, 0.6) is 0 Å². The van der Waals surface area contributed by atoms with Gasteiger partial charge in [-0.2, -0.15) is 0 Å². The summed E-state index contributed by atoms with van der Waals surface area (Å²) in [5, 5.41) is 0.546. The summed E-state index contributed by atoms with van der Waals surface area (Å²) in [7, 11) is -2.13. The van der Waals surface area contributed by atoms with Crippen LogP contribution < -0.4 is 4.31 Å². The zero-order valence-electron chi connectivity index (χ0n) is 15.4. The number of sulfonamides is 1. The molecule has 0 bridgehead atoms. The van der Waals surface area contributed by atoms with Crippen LogP contribution >= 0.6 is 23.2 Å². The summed E-state index contributed by atoms with van der Waals surface area (Å²) in [4.78, 5) is 14.6. The Bertz CT molecular complexity index is 904. The van der Waals surface area contributed by atoms with Crippen molar-refractivity contribution < 1.29 is 13.2 Å². The average Bonchev–Trinajstić information content (AvgIpc) is 2.61. The fraction of sp³-hybridized carbons (Fsp3) is 0.316. The normalized spacial score (nSPS) is 12.5. The van der Waals surface area contributed by atoms with Gasteiger partial charge in [0.05, 0.1) is 17.0 Å². The number of hydrogen-bond donors (Lipinski definition) is 0. The molecule has 1 amide bonds. The van der Waals surface area contributed by atoms with Crippen molar-refractivity contribution in [1.82, 2.24) is 4.90 Å². The first kappa shape index (κ1) is 21.5. The van der Waals surface area contributed by atoms with E-state index >= 15 is 0 Å². The number of nitrogens with zero attached hydrogens (tertiary/aromatic N) is 2.